The third-order valence-electron chi connectivity index (χ3n) is 41.5. The second-order valence-corrected chi connectivity index (χ2v) is 57.6. The summed E-state index contributed by atoms with van der Waals surface area (Å²) in [4.78, 5) is 0. The maximum atomic E-state index is 2.50. The molecule has 23 saturated carbocycles. The van der Waals surface area contributed by atoms with Gasteiger partial charge in [-0.2, -0.15) is 0 Å². The Balaban J connectivity index is 0.000000120. The molecule has 0 radical (unpaired) electrons. The topological polar surface area (TPSA) is 0 Å². The fourth-order valence-electron chi connectivity index (χ4n) is 35.5. The van der Waals surface area contributed by atoms with Gasteiger partial charge >= 0.3 is 0 Å². The molecule has 23 fully saturated rings. The lowest BCUT2D eigenvalue weighted by Crippen LogP contribution is -2.78. The van der Waals surface area contributed by atoms with Crippen molar-refractivity contribution in [1.82, 2.24) is 0 Å². The van der Waals surface area contributed by atoms with Crippen LogP contribution >= 0.6 is 0 Å². The molecule has 0 aromatic carbocycles. The van der Waals surface area contributed by atoms with Crippen molar-refractivity contribution in [3.63, 3.8) is 0 Å². The Morgan fingerprint density at radius 3 is 0.861 bits per heavy atom. The molecule has 0 amide bonds. The van der Waals surface area contributed by atoms with Crippen LogP contribution in [0, 0.1) is 225 Å². The van der Waals surface area contributed by atoms with Gasteiger partial charge < -0.3 is 0 Å². The van der Waals surface area contributed by atoms with Crippen LogP contribution < -0.4 is 0 Å². The van der Waals surface area contributed by atoms with Crippen LogP contribution in [0.1, 0.15) is 502 Å². The molecule has 0 N–H and O–H groups in total. The van der Waals surface area contributed by atoms with Gasteiger partial charge in [-0.05, 0) is 386 Å². The molecule has 0 spiro atoms. The van der Waals surface area contributed by atoms with Gasteiger partial charge in [-0.1, -0.05) is 342 Å². The average Bonchev–Trinajstić information content (AvgIpc) is 1.38. The number of rotatable bonds is 0. The molecule has 668 valence electrons. The standard InChI is InChI=1S/C14H24.2C14H26.2C13H24.C12H20.2C12H22.C11H20/c1-13(2,3)14-7-10-4-11(8-14)6-12(5-10)9-14;1-14(2,3)13-10-8-11-5-4-6-12(13)9-7-11;1-14(2,3)13-9-11-6-4-5-7-12(8-11)10-13;1-13(2,3)12-9-6-10-4-7-11(12)8-5-10;1-13(2,3)12-10-6-4-7-11(12)9-5-8-10;1-7-9-5-8-6-12(7,10(8)9)11(2,3)4;1-12(2,3)11-7-5-9-4-6-10(11)8-9;1-12(2,3)11-8-9-4-6-10(11)7-5-9;1-11(2,3)10-7-8-4-5-9(10)6-8/h10-12H,4-9H2,1-3H3;2*11-13H,4-10H2,1-3H3;2*10-12H,4-9H2,1-3H3;7-10H,5-6H2,1-4H3;2*9-11H,4-8H2,1-3H3;8-10H,4-7H2,1-3H3. The summed E-state index contributed by atoms with van der Waals surface area (Å²) < 4.78 is 0. The van der Waals surface area contributed by atoms with Crippen LogP contribution in [-0.2, 0) is 0 Å². The fourth-order valence-corrected chi connectivity index (χ4v) is 35.5. The zero-order valence-electron chi connectivity index (χ0n) is 83.6. The molecule has 18 atom stereocenters. The van der Waals surface area contributed by atoms with Crippen molar-refractivity contribution in [3.05, 3.63) is 0 Å². The fraction of sp³-hybridized carbons (Fsp3) is 1.00. The van der Waals surface area contributed by atoms with Crippen LogP contribution in [0.2, 0.25) is 0 Å². The van der Waals surface area contributed by atoms with E-state index in [-0.39, 0.29) is 0 Å². The smallest absolute Gasteiger partial charge is 0.0184 e. The molecule has 18 unspecified atom stereocenters. The van der Waals surface area contributed by atoms with Crippen molar-refractivity contribution >= 4 is 0 Å². The minimum absolute atomic E-state index is 0.552. The van der Waals surface area contributed by atoms with Gasteiger partial charge in [0, 0.05) is 0 Å². The second kappa shape index (κ2) is 37.1. The quantitative estimate of drug-likeness (QED) is 0.227. The normalized spacial score (nSPS) is 44.1. The SMILES string of the molecule is CC(C)(C)C12CC3CC(CC(C3)C1)C2.CC(C)(C)C1C2CCCC1CCC2.CC(C)(C)C1CC2CCC1C2.CC(C)(C)C1CC2CCC1CC2.CC(C)(C)C1CC2CCCCC(C2)C1.CC(C)(C)C1CCC2CCC1C2.CC(C)(C)C1CCC2CCC1CC2.CC(C)(C)C1CCC2CCCC1CC2.CC1C2CC3CC1(C(C)(C)C)C32. The Bertz CT molecular complexity index is 2820. The molecule has 0 heteroatoms. The van der Waals surface area contributed by atoms with Crippen LogP contribution in [0.5, 0.6) is 0 Å². The van der Waals surface area contributed by atoms with Crippen molar-refractivity contribution in [2.24, 2.45) is 225 Å². The largest absolute Gasteiger partial charge is 0.0617 e. The molecule has 23 aliphatic carbocycles. The lowest BCUT2D eigenvalue weighted by Gasteiger charge is -2.83. The first-order valence-electron chi connectivity index (χ1n) is 53.5. The molecular formula is C115H208. The summed E-state index contributed by atoms with van der Waals surface area (Å²) in [5.74, 6) is 30.2. The van der Waals surface area contributed by atoms with Gasteiger partial charge in [0.25, 0.3) is 0 Å². The van der Waals surface area contributed by atoms with Gasteiger partial charge in [0.2, 0.25) is 0 Å². The molecule has 0 aromatic heterocycles. The Labute approximate surface area is 722 Å². The molecule has 23 rings (SSSR count). The van der Waals surface area contributed by atoms with E-state index in [1.165, 1.54) is 238 Å². The number of fused-ring (bicyclic) bond motifs is 18. The Hall–Kier alpha value is 0. The first kappa shape index (κ1) is 94.1. The van der Waals surface area contributed by atoms with E-state index in [1.807, 2.05) is 0 Å². The zero-order chi connectivity index (χ0) is 83.6. The van der Waals surface area contributed by atoms with Crippen LogP contribution in [-0.4, -0.2) is 0 Å². The molecule has 0 aliphatic heterocycles. The van der Waals surface area contributed by atoms with Crippen LogP contribution in [0.15, 0.2) is 0 Å². The highest BCUT2D eigenvalue weighted by atomic mass is 14.8. The highest BCUT2D eigenvalue weighted by Gasteiger charge is 2.78. The average molecular weight is 1590 g/mol. The second-order valence-electron chi connectivity index (χ2n) is 57.6. The van der Waals surface area contributed by atoms with Crippen LogP contribution in [0.3, 0.4) is 0 Å². The summed E-state index contributed by atoms with van der Waals surface area (Å²) in [7, 11) is 0. The van der Waals surface area contributed by atoms with E-state index in [0.29, 0.717) is 48.7 Å². The van der Waals surface area contributed by atoms with Gasteiger partial charge in [0.05, 0.1) is 0 Å². The molecular weight excluding hydrogens is 1380 g/mol. The molecule has 0 saturated heterocycles. The van der Waals surface area contributed by atoms with Crippen LogP contribution in [0.4, 0.5) is 0 Å². The highest BCUT2D eigenvalue weighted by Crippen LogP contribution is 2.84. The van der Waals surface area contributed by atoms with E-state index in [4.69, 9.17) is 0 Å². The predicted octanol–water partition coefficient (Wildman–Crippen LogP) is 36.5. The van der Waals surface area contributed by atoms with Crippen LogP contribution in [0.25, 0.3) is 0 Å². The number of hydrogen-bond acceptors (Lipinski definition) is 0. The predicted molar refractivity (Wildman–Crippen MR) is 505 cm³/mol. The highest BCUT2D eigenvalue weighted by molar-refractivity contribution is 5.26. The third-order valence-corrected chi connectivity index (χ3v) is 41.5. The van der Waals surface area contributed by atoms with E-state index in [1.54, 1.807) is 70.6 Å². The van der Waals surface area contributed by atoms with Crippen molar-refractivity contribution in [2.75, 3.05) is 0 Å². The lowest BCUT2D eigenvalue weighted by molar-refractivity contribution is -0.355. The van der Waals surface area contributed by atoms with E-state index in [0.717, 1.165) is 177 Å². The summed E-state index contributed by atoms with van der Waals surface area (Å²) in [6.45, 7) is 68.5. The zero-order valence-corrected chi connectivity index (χ0v) is 83.6. The van der Waals surface area contributed by atoms with E-state index in [2.05, 4.69) is 194 Å². The summed E-state index contributed by atoms with van der Waals surface area (Å²) in [5, 5.41) is 0. The van der Waals surface area contributed by atoms with Gasteiger partial charge in [-0.3, -0.25) is 0 Å². The molecule has 0 nitrogen and oxygen atoms in total. The summed E-state index contributed by atoms with van der Waals surface area (Å²) in [5.41, 5.74) is 6.61. The Morgan fingerprint density at radius 2 is 0.513 bits per heavy atom. The molecule has 18 bridgehead atoms. The third kappa shape index (κ3) is 22.7. The maximum absolute atomic E-state index is 2.50. The molecule has 0 aromatic rings. The van der Waals surface area contributed by atoms with E-state index >= 15 is 0 Å². The molecule has 115 heavy (non-hydrogen) atoms. The van der Waals surface area contributed by atoms with Crippen molar-refractivity contribution in [1.29, 1.82) is 0 Å². The Morgan fingerprint density at radius 1 is 0.200 bits per heavy atom. The van der Waals surface area contributed by atoms with E-state index < -0.39 is 0 Å². The van der Waals surface area contributed by atoms with E-state index in [9.17, 15) is 0 Å². The van der Waals surface area contributed by atoms with Crippen molar-refractivity contribution < 1.29 is 0 Å². The molecule has 0 heterocycles. The minimum atomic E-state index is 0.552. The van der Waals surface area contributed by atoms with Gasteiger partial charge in [-0.25, -0.2) is 0 Å². The maximum Gasteiger partial charge on any atom is -0.0184 e. The minimum Gasteiger partial charge on any atom is -0.0617 e. The van der Waals surface area contributed by atoms with Crippen molar-refractivity contribution in [3.8, 4) is 0 Å². The number of hydrogen-bond donors (Lipinski definition) is 0. The first-order chi connectivity index (χ1) is 53.5. The molecule has 23 aliphatic rings. The summed E-state index contributed by atoms with van der Waals surface area (Å²) in [6, 6.07) is 0. The summed E-state index contributed by atoms with van der Waals surface area (Å²) in [6.07, 6.45) is 73.8. The van der Waals surface area contributed by atoms with Gasteiger partial charge in [0.15, 0.2) is 0 Å². The van der Waals surface area contributed by atoms with Gasteiger partial charge in [-0.15, -0.1) is 0 Å². The van der Waals surface area contributed by atoms with Gasteiger partial charge in [0.1, 0.15) is 0 Å². The lowest BCUT2D eigenvalue weighted by atomic mass is 9.21. The first-order valence-corrected chi connectivity index (χ1v) is 53.5. The van der Waals surface area contributed by atoms with Crippen molar-refractivity contribution in [2.45, 2.75) is 502 Å². The monoisotopic (exact) mass is 1590 g/mol. The Kier molecular flexibility index (Phi) is 30.4. The summed E-state index contributed by atoms with van der Waals surface area (Å²) >= 11 is 0.